The fraction of sp³-hybridized carbons (Fsp3) is 0.133. The van der Waals surface area contributed by atoms with E-state index in [9.17, 15) is 13.2 Å². The molecule has 0 aromatic heterocycles. The van der Waals surface area contributed by atoms with Crippen LogP contribution >= 0.6 is 0 Å². The predicted molar refractivity (Wildman–Crippen MR) is 72.3 cm³/mol. The van der Waals surface area contributed by atoms with Crippen molar-refractivity contribution < 1.29 is 17.9 Å². The van der Waals surface area contributed by atoms with Crippen LogP contribution in [0.15, 0.2) is 42.5 Å². The summed E-state index contributed by atoms with van der Waals surface area (Å²) in [6, 6.07) is 12.7. The first-order valence-corrected chi connectivity index (χ1v) is 6.01. The Morgan fingerprint density at radius 3 is 2.19 bits per heavy atom. The van der Waals surface area contributed by atoms with E-state index < -0.39 is 6.36 Å². The van der Waals surface area contributed by atoms with Crippen molar-refractivity contribution in [3.8, 4) is 11.8 Å². The molecule has 0 amide bonds. The Bertz CT molecular complexity index is 673. The van der Waals surface area contributed by atoms with Crippen LogP contribution in [-0.2, 0) is 0 Å². The third kappa shape index (κ3) is 4.14. The van der Waals surface area contributed by atoms with Crippen LogP contribution < -0.4 is 10.1 Å². The lowest BCUT2D eigenvalue weighted by molar-refractivity contribution is -0.274. The summed E-state index contributed by atoms with van der Waals surface area (Å²) >= 11 is 0. The molecule has 2 aromatic rings. The fourth-order valence-corrected chi connectivity index (χ4v) is 1.77. The number of nitrogens with one attached hydrogen (secondary N) is 1. The van der Waals surface area contributed by atoms with Crippen molar-refractivity contribution >= 4 is 11.4 Å². The number of hydrogen-bond acceptors (Lipinski definition) is 3. The Labute approximate surface area is 119 Å². The number of aryl methyl sites for hydroxylation is 1. The molecule has 0 atom stereocenters. The second kappa shape index (κ2) is 5.75. The molecule has 0 bridgehead atoms. The van der Waals surface area contributed by atoms with Crippen LogP contribution in [-0.4, -0.2) is 6.36 Å². The summed E-state index contributed by atoms with van der Waals surface area (Å²) in [5.41, 5.74) is 2.76. The largest absolute Gasteiger partial charge is 0.573 e. The highest BCUT2D eigenvalue weighted by Crippen LogP contribution is 2.25. The molecule has 0 aliphatic carbocycles. The van der Waals surface area contributed by atoms with Crippen molar-refractivity contribution in [2.45, 2.75) is 13.3 Å². The first kappa shape index (κ1) is 14.7. The maximum Gasteiger partial charge on any atom is 0.573 e. The van der Waals surface area contributed by atoms with Gasteiger partial charge in [0.2, 0.25) is 0 Å². The van der Waals surface area contributed by atoms with Gasteiger partial charge in [-0.1, -0.05) is 0 Å². The highest BCUT2D eigenvalue weighted by atomic mass is 19.4. The quantitative estimate of drug-likeness (QED) is 0.905. The van der Waals surface area contributed by atoms with E-state index in [1.807, 2.05) is 6.92 Å². The first-order valence-electron chi connectivity index (χ1n) is 6.01. The molecule has 0 aliphatic rings. The lowest BCUT2D eigenvalue weighted by Gasteiger charge is -2.11. The summed E-state index contributed by atoms with van der Waals surface area (Å²) < 4.78 is 39.9. The smallest absolute Gasteiger partial charge is 0.406 e. The highest BCUT2D eigenvalue weighted by molar-refractivity contribution is 5.62. The van der Waals surface area contributed by atoms with E-state index in [0.717, 1.165) is 11.3 Å². The van der Waals surface area contributed by atoms with E-state index in [0.29, 0.717) is 11.3 Å². The molecule has 3 nitrogen and oxygen atoms in total. The number of anilines is 2. The molecule has 2 rings (SSSR count). The topological polar surface area (TPSA) is 45.0 Å². The van der Waals surface area contributed by atoms with Gasteiger partial charge in [-0.2, -0.15) is 5.26 Å². The molecule has 1 N–H and O–H groups in total. The standard InChI is InChI=1S/C15H11F3N2O/c1-10-8-13(3-2-11(10)9-19)20-12-4-6-14(7-5-12)21-15(16,17)18/h2-8,20H,1H3. The van der Waals surface area contributed by atoms with Gasteiger partial charge in [-0.25, -0.2) is 0 Å². The van der Waals surface area contributed by atoms with Crippen LogP contribution in [0.2, 0.25) is 0 Å². The SMILES string of the molecule is Cc1cc(Nc2ccc(OC(F)(F)F)cc2)ccc1C#N. The van der Waals surface area contributed by atoms with Gasteiger partial charge in [0.15, 0.2) is 0 Å². The molecule has 2 aromatic carbocycles. The van der Waals surface area contributed by atoms with Gasteiger partial charge in [0.05, 0.1) is 11.6 Å². The molecule has 0 saturated heterocycles. The Morgan fingerprint density at radius 2 is 1.67 bits per heavy atom. The minimum Gasteiger partial charge on any atom is -0.406 e. The molecule has 0 aliphatic heterocycles. The number of nitriles is 1. The second-order valence-electron chi connectivity index (χ2n) is 4.34. The molecule has 0 unspecified atom stereocenters. The third-order valence-electron chi connectivity index (χ3n) is 2.72. The van der Waals surface area contributed by atoms with Crippen molar-refractivity contribution in [1.29, 1.82) is 5.26 Å². The monoisotopic (exact) mass is 292 g/mol. The summed E-state index contributed by atoms with van der Waals surface area (Å²) in [5.74, 6) is -0.274. The van der Waals surface area contributed by atoms with Crippen molar-refractivity contribution in [3.63, 3.8) is 0 Å². The van der Waals surface area contributed by atoms with Gasteiger partial charge < -0.3 is 10.1 Å². The minimum absolute atomic E-state index is 0.274. The van der Waals surface area contributed by atoms with Gasteiger partial charge in [-0.15, -0.1) is 13.2 Å². The number of rotatable bonds is 3. The fourth-order valence-electron chi connectivity index (χ4n) is 1.77. The van der Waals surface area contributed by atoms with Gasteiger partial charge in [0.1, 0.15) is 5.75 Å². The van der Waals surface area contributed by atoms with Crippen LogP contribution in [0.25, 0.3) is 0 Å². The maximum atomic E-state index is 12.0. The van der Waals surface area contributed by atoms with Gasteiger partial charge in [0, 0.05) is 11.4 Å². The van der Waals surface area contributed by atoms with E-state index in [1.165, 1.54) is 24.3 Å². The zero-order chi connectivity index (χ0) is 15.5. The van der Waals surface area contributed by atoms with E-state index in [4.69, 9.17) is 5.26 Å². The Morgan fingerprint density at radius 1 is 1.05 bits per heavy atom. The zero-order valence-corrected chi connectivity index (χ0v) is 11.0. The average Bonchev–Trinajstić information content (AvgIpc) is 2.40. The molecule has 0 spiro atoms. The Balaban J connectivity index is 2.10. The van der Waals surface area contributed by atoms with Crippen LogP contribution in [0.4, 0.5) is 24.5 Å². The van der Waals surface area contributed by atoms with Gasteiger partial charge >= 0.3 is 6.36 Å². The lowest BCUT2D eigenvalue weighted by atomic mass is 10.1. The first-order chi connectivity index (χ1) is 9.87. The zero-order valence-electron chi connectivity index (χ0n) is 11.0. The highest BCUT2D eigenvalue weighted by Gasteiger charge is 2.30. The van der Waals surface area contributed by atoms with E-state index in [1.54, 1.807) is 18.2 Å². The van der Waals surface area contributed by atoms with Crippen molar-refractivity contribution in [3.05, 3.63) is 53.6 Å². The van der Waals surface area contributed by atoms with Gasteiger partial charge in [0.25, 0.3) is 0 Å². The van der Waals surface area contributed by atoms with E-state index in [-0.39, 0.29) is 5.75 Å². The molecule has 0 fully saturated rings. The Hall–Kier alpha value is -2.68. The number of benzene rings is 2. The molecule has 21 heavy (non-hydrogen) atoms. The lowest BCUT2D eigenvalue weighted by Crippen LogP contribution is -2.16. The number of alkyl halides is 3. The molecule has 108 valence electrons. The molecular weight excluding hydrogens is 281 g/mol. The molecule has 0 heterocycles. The molecule has 0 radical (unpaired) electrons. The van der Waals surface area contributed by atoms with Crippen LogP contribution in [0.1, 0.15) is 11.1 Å². The minimum atomic E-state index is -4.70. The average molecular weight is 292 g/mol. The summed E-state index contributed by atoms with van der Waals surface area (Å²) in [5, 5.41) is 11.9. The number of ether oxygens (including phenoxy) is 1. The Kier molecular flexibility index (Phi) is 4.03. The second-order valence-corrected chi connectivity index (χ2v) is 4.34. The van der Waals surface area contributed by atoms with Crippen molar-refractivity contribution in [2.24, 2.45) is 0 Å². The van der Waals surface area contributed by atoms with Gasteiger partial charge in [-0.3, -0.25) is 0 Å². The third-order valence-corrected chi connectivity index (χ3v) is 2.72. The molecular formula is C15H11F3N2O. The molecule has 0 saturated carbocycles. The summed E-state index contributed by atoms with van der Waals surface area (Å²) in [6.07, 6.45) is -4.70. The van der Waals surface area contributed by atoms with Crippen molar-refractivity contribution in [1.82, 2.24) is 0 Å². The summed E-state index contributed by atoms with van der Waals surface area (Å²) in [6.45, 7) is 1.81. The van der Waals surface area contributed by atoms with E-state index in [2.05, 4.69) is 16.1 Å². The predicted octanol–water partition coefficient (Wildman–Crippen LogP) is 4.51. The number of nitrogens with zero attached hydrogens (tertiary/aromatic N) is 1. The number of halogens is 3. The normalized spacial score (nSPS) is 10.8. The summed E-state index contributed by atoms with van der Waals surface area (Å²) in [7, 11) is 0. The van der Waals surface area contributed by atoms with Crippen molar-refractivity contribution in [2.75, 3.05) is 5.32 Å². The number of hydrogen-bond donors (Lipinski definition) is 1. The van der Waals surface area contributed by atoms with Gasteiger partial charge in [-0.05, 0) is 55.0 Å². The van der Waals surface area contributed by atoms with Crippen LogP contribution in [0.3, 0.4) is 0 Å². The molecule has 6 heteroatoms. The maximum absolute atomic E-state index is 12.0. The van der Waals surface area contributed by atoms with Crippen LogP contribution in [0.5, 0.6) is 5.75 Å². The summed E-state index contributed by atoms with van der Waals surface area (Å²) in [4.78, 5) is 0. The van der Waals surface area contributed by atoms with E-state index >= 15 is 0 Å². The van der Waals surface area contributed by atoms with Crippen LogP contribution in [0, 0.1) is 18.3 Å².